The fourth-order valence-electron chi connectivity index (χ4n) is 3.82. The van der Waals surface area contributed by atoms with Gasteiger partial charge in [0.2, 0.25) is 0 Å². The summed E-state index contributed by atoms with van der Waals surface area (Å²) in [5.74, 6) is 0.304. The van der Waals surface area contributed by atoms with Crippen LogP contribution in [0.3, 0.4) is 0 Å². The molecule has 1 saturated heterocycles. The van der Waals surface area contributed by atoms with E-state index in [4.69, 9.17) is 9.72 Å². The van der Waals surface area contributed by atoms with E-state index in [0.29, 0.717) is 24.7 Å². The number of ether oxygens (including phenoxy) is 1. The van der Waals surface area contributed by atoms with Crippen LogP contribution in [-0.4, -0.2) is 40.8 Å². The van der Waals surface area contributed by atoms with Crippen molar-refractivity contribution in [1.29, 1.82) is 0 Å². The van der Waals surface area contributed by atoms with E-state index in [1.807, 2.05) is 42.1 Å². The van der Waals surface area contributed by atoms with Crippen LogP contribution < -0.4 is 10.2 Å². The summed E-state index contributed by atoms with van der Waals surface area (Å²) in [5.41, 5.74) is 3.16. The van der Waals surface area contributed by atoms with Gasteiger partial charge in [-0.25, -0.2) is 9.37 Å². The van der Waals surface area contributed by atoms with Crippen molar-refractivity contribution >= 4 is 39.1 Å². The van der Waals surface area contributed by atoms with Gasteiger partial charge in [-0.1, -0.05) is 6.07 Å². The zero-order valence-electron chi connectivity index (χ0n) is 15.5. The normalized spacial score (nSPS) is 14.7. The van der Waals surface area contributed by atoms with E-state index in [1.54, 1.807) is 12.3 Å². The van der Waals surface area contributed by atoms with Crippen molar-refractivity contribution < 1.29 is 9.13 Å². The van der Waals surface area contributed by atoms with E-state index in [1.165, 1.54) is 6.07 Å². The molecule has 0 spiro atoms. The van der Waals surface area contributed by atoms with Crippen LogP contribution >= 0.6 is 0 Å². The highest BCUT2D eigenvalue weighted by molar-refractivity contribution is 6.06. The fraction of sp³-hybridized carbons (Fsp3) is 0.238. The molecular formula is C21H20FN5O. The lowest BCUT2D eigenvalue weighted by Gasteiger charge is -2.30. The first kappa shape index (κ1) is 16.9. The second kappa shape index (κ2) is 6.76. The zero-order valence-corrected chi connectivity index (χ0v) is 15.5. The maximum atomic E-state index is 14.7. The number of morpholine rings is 1. The number of benzene rings is 1. The maximum Gasteiger partial charge on any atom is 0.148 e. The van der Waals surface area contributed by atoms with Crippen LogP contribution in [0.5, 0.6) is 0 Å². The lowest BCUT2D eigenvalue weighted by molar-refractivity contribution is 0.122. The van der Waals surface area contributed by atoms with Gasteiger partial charge in [0.05, 0.1) is 30.1 Å². The lowest BCUT2D eigenvalue weighted by atomic mass is 10.2. The van der Waals surface area contributed by atoms with Crippen LogP contribution in [0.2, 0.25) is 0 Å². The first-order valence-corrected chi connectivity index (χ1v) is 9.30. The topological polar surface area (TPSA) is 55.2 Å². The largest absolute Gasteiger partial charge is 0.378 e. The molecule has 6 nitrogen and oxygen atoms in total. The van der Waals surface area contributed by atoms with Gasteiger partial charge in [-0.15, -0.1) is 0 Å². The number of para-hydroxylation sites is 1. The number of aromatic nitrogens is 3. The third-order valence-corrected chi connectivity index (χ3v) is 5.24. The molecule has 0 aliphatic carbocycles. The number of rotatable bonds is 3. The molecule has 142 valence electrons. The van der Waals surface area contributed by atoms with Crippen molar-refractivity contribution in [2.24, 2.45) is 7.05 Å². The van der Waals surface area contributed by atoms with Gasteiger partial charge in [-0.2, -0.15) is 0 Å². The Kier molecular flexibility index (Phi) is 4.09. The Morgan fingerprint density at radius 3 is 2.79 bits per heavy atom. The van der Waals surface area contributed by atoms with Gasteiger partial charge < -0.3 is 19.5 Å². The molecule has 0 atom stereocenters. The molecule has 4 heterocycles. The quantitative estimate of drug-likeness (QED) is 0.588. The Morgan fingerprint density at radius 1 is 1.07 bits per heavy atom. The van der Waals surface area contributed by atoms with Crippen LogP contribution in [0, 0.1) is 5.82 Å². The maximum absolute atomic E-state index is 14.7. The zero-order chi connectivity index (χ0) is 19.1. The van der Waals surface area contributed by atoms with Crippen molar-refractivity contribution in [3.63, 3.8) is 0 Å². The molecule has 3 aromatic heterocycles. The molecule has 0 saturated carbocycles. The summed E-state index contributed by atoms with van der Waals surface area (Å²) >= 11 is 0. The molecule has 28 heavy (non-hydrogen) atoms. The first-order valence-electron chi connectivity index (χ1n) is 9.30. The van der Waals surface area contributed by atoms with Gasteiger partial charge >= 0.3 is 0 Å². The van der Waals surface area contributed by atoms with Crippen LogP contribution in [0.1, 0.15) is 0 Å². The molecule has 7 heteroatoms. The third-order valence-electron chi connectivity index (χ3n) is 5.24. The SMILES string of the molecule is Cn1c2ccncc2c2ccc(Nc3c(F)cccc3N3CCOCC3)nc21. The summed E-state index contributed by atoms with van der Waals surface area (Å²) in [6, 6.07) is 11.0. The van der Waals surface area contributed by atoms with Gasteiger partial charge in [-0.3, -0.25) is 4.98 Å². The monoisotopic (exact) mass is 377 g/mol. The van der Waals surface area contributed by atoms with E-state index in [-0.39, 0.29) is 5.82 Å². The third kappa shape index (κ3) is 2.75. The number of anilines is 3. The van der Waals surface area contributed by atoms with Crippen molar-refractivity contribution in [2.75, 3.05) is 36.5 Å². The Labute approximate surface area is 161 Å². The fourth-order valence-corrected chi connectivity index (χ4v) is 3.82. The smallest absolute Gasteiger partial charge is 0.148 e. The number of nitrogens with zero attached hydrogens (tertiary/aromatic N) is 4. The second-order valence-corrected chi connectivity index (χ2v) is 6.88. The van der Waals surface area contributed by atoms with Crippen LogP contribution in [0.25, 0.3) is 21.9 Å². The first-order chi connectivity index (χ1) is 13.7. The minimum atomic E-state index is -0.299. The molecule has 0 bridgehead atoms. The van der Waals surface area contributed by atoms with Gasteiger partial charge in [0.15, 0.2) is 0 Å². The van der Waals surface area contributed by atoms with Crippen molar-refractivity contribution in [3.05, 3.63) is 54.6 Å². The highest BCUT2D eigenvalue weighted by atomic mass is 19.1. The molecule has 1 aliphatic rings. The Morgan fingerprint density at radius 2 is 1.93 bits per heavy atom. The highest BCUT2D eigenvalue weighted by Crippen LogP contribution is 2.33. The summed E-state index contributed by atoms with van der Waals surface area (Å²) in [5, 5.41) is 5.28. The molecule has 0 radical (unpaired) electrons. The number of nitrogens with one attached hydrogen (secondary N) is 1. The van der Waals surface area contributed by atoms with Crippen LogP contribution in [0.4, 0.5) is 21.6 Å². The summed E-state index contributed by atoms with van der Waals surface area (Å²) in [6.45, 7) is 2.76. The van der Waals surface area contributed by atoms with E-state index in [0.717, 1.165) is 40.7 Å². The van der Waals surface area contributed by atoms with Crippen LogP contribution in [0.15, 0.2) is 48.8 Å². The second-order valence-electron chi connectivity index (χ2n) is 6.88. The summed E-state index contributed by atoms with van der Waals surface area (Å²) < 4.78 is 22.1. The number of hydrogen-bond acceptors (Lipinski definition) is 5. The van der Waals surface area contributed by atoms with Gasteiger partial charge in [-0.05, 0) is 30.3 Å². The Hall–Kier alpha value is -3.19. The minimum absolute atomic E-state index is 0.299. The molecule has 0 amide bonds. The van der Waals surface area contributed by atoms with E-state index in [9.17, 15) is 4.39 Å². The average Bonchev–Trinajstić information content (AvgIpc) is 3.02. The minimum Gasteiger partial charge on any atom is -0.378 e. The predicted octanol–water partition coefficient (Wildman–Crippen LogP) is 3.84. The summed E-state index contributed by atoms with van der Waals surface area (Å²) in [4.78, 5) is 11.1. The Bertz CT molecular complexity index is 1170. The van der Waals surface area contributed by atoms with Crippen molar-refractivity contribution in [3.8, 4) is 0 Å². The molecule has 1 aliphatic heterocycles. The van der Waals surface area contributed by atoms with E-state index >= 15 is 0 Å². The number of aryl methyl sites for hydroxylation is 1. The molecule has 5 rings (SSSR count). The average molecular weight is 377 g/mol. The number of pyridine rings is 2. The van der Waals surface area contributed by atoms with Crippen LogP contribution in [-0.2, 0) is 11.8 Å². The van der Waals surface area contributed by atoms with E-state index in [2.05, 4.69) is 15.2 Å². The molecule has 4 aromatic rings. The standard InChI is InChI=1S/C21H20FN5O/c1-26-17-7-8-23-13-15(17)14-5-6-19(25-21(14)26)24-20-16(22)3-2-4-18(20)27-9-11-28-12-10-27/h2-8,13H,9-12H2,1H3,(H,24,25). The number of fused-ring (bicyclic) bond motifs is 3. The van der Waals surface area contributed by atoms with E-state index < -0.39 is 0 Å². The number of hydrogen-bond donors (Lipinski definition) is 1. The summed E-state index contributed by atoms with van der Waals surface area (Å²) in [6.07, 6.45) is 3.62. The molecule has 0 unspecified atom stereocenters. The van der Waals surface area contributed by atoms with Gasteiger partial charge in [0.1, 0.15) is 17.3 Å². The predicted molar refractivity (Wildman–Crippen MR) is 109 cm³/mol. The molecule has 1 aromatic carbocycles. The van der Waals surface area contributed by atoms with Crippen molar-refractivity contribution in [2.45, 2.75) is 0 Å². The number of halogens is 1. The molecule has 1 N–H and O–H groups in total. The Balaban J connectivity index is 1.57. The molecule has 1 fully saturated rings. The lowest BCUT2D eigenvalue weighted by Crippen LogP contribution is -2.36. The van der Waals surface area contributed by atoms with Crippen molar-refractivity contribution in [1.82, 2.24) is 14.5 Å². The van der Waals surface area contributed by atoms with Gasteiger partial charge in [0.25, 0.3) is 0 Å². The highest BCUT2D eigenvalue weighted by Gasteiger charge is 2.18. The van der Waals surface area contributed by atoms with Gasteiger partial charge in [0, 0.05) is 43.3 Å². The molecular weight excluding hydrogens is 357 g/mol. The summed E-state index contributed by atoms with van der Waals surface area (Å²) in [7, 11) is 1.98.